The van der Waals surface area contributed by atoms with Crippen LogP contribution in [-0.2, 0) is 18.3 Å². The summed E-state index contributed by atoms with van der Waals surface area (Å²) in [5, 5.41) is 16.5. The van der Waals surface area contributed by atoms with Gasteiger partial charge in [-0.1, -0.05) is 13.3 Å². The summed E-state index contributed by atoms with van der Waals surface area (Å²) in [5.74, 6) is -1.07. The third kappa shape index (κ3) is 2.42. The normalized spacial score (nSPS) is 25.6. The van der Waals surface area contributed by atoms with Crippen molar-refractivity contribution in [2.45, 2.75) is 45.6 Å². The average molecular weight is 279 g/mol. The van der Waals surface area contributed by atoms with Gasteiger partial charge in [0.25, 0.3) is 5.91 Å². The summed E-state index contributed by atoms with van der Waals surface area (Å²) >= 11 is 0. The predicted molar refractivity (Wildman–Crippen MR) is 73.4 cm³/mol. The highest BCUT2D eigenvalue weighted by molar-refractivity contribution is 5.95. The molecule has 2 unspecified atom stereocenters. The Kier molecular flexibility index (Phi) is 3.83. The van der Waals surface area contributed by atoms with E-state index in [0.717, 1.165) is 12.1 Å². The van der Waals surface area contributed by atoms with Gasteiger partial charge in [0.05, 0.1) is 16.7 Å². The highest BCUT2D eigenvalue weighted by Gasteiger charge is 2.46. The minimum Gasteiger partial charge on any atom is -0.481 e. The van der Waals surface area contributed by atoms with E-state index < -0.39 is 11.4 Å². The topological polar surface area (TPSA) is 84.2 Å². The molecule has 2 N–H and O–H groups in total. The lowest BCUT2D eigenvalue weighted by Crippen LogP contribution is -2.47. The maximum absolute atomic E-state index is 12.3. The van der Waals surface area contributed by atoms with Crippen molar-refractivity contribution in [1.82, 2.24) is 15.1 Å². The van der Waals surface area contributed by atoms with E-state index in [1.165, 1.54) is 0 Å². The van der Waals surface area contributed by atoms with Crippen LogP contribution in [-0.4, -0.2) is 32.8 Å². The molecule has 0 bridgehead atoms. The number of rotatable bonds is 4. The molecule has 0 aliphatic heterocycles. The summed E-state index contributed by atoms with van der Waals surface area (Å²) in [6.07, 6.45) is 4.48. The van der Waals surface area contributed by atoms with Crippen molar-refractivity contribution in [3.8, 4) is 0 Å². The molecular weight excluding hydrogens is 258 g/mol. The molecule has 1 saturated carbocycles. The fourth-order valence-corrected chi connectivity index (χ4v) is 2.87. The van der Waals surface area contributed by atoms with Gasteiger partial charge in [-0.2, -0.15) is 5.10 Å². The number of nitrogens with one attached hydrogen (secondary N) is 1. The third-order valence-corrected chi connectivity index (χ3v) is 4.24. The molecule has 1 aromatic heterocycles. The Morgan fingerprint density at radius 1 is 1.60 bits per heavy atom. The first-order valence-electron chi connectivity index (χ1n) is 6.95. The van der Waals surface area contributed by atoms with Gasteiger partial charge in [0.1, 0.15) is 0 Å². The van der Waals surface area contributed by atoms with Crippen LogP contribution in [0.2, 0.25) is 0 Å². The Morgan fingerprint density at radius 2 is 2.30 bits per heavy atom. The molecular formula is C14H21N3O3. The van der Waals surface area contributed by atoms with Crippen LogP contribution in [0, 0.1) is 5.41 Å². The molecule has 0 saturated heterocycles. The molecule has 6 heteroatoms. The molecule has 110 valence electrons. The highest BCUT2D eigenvalue weighted by atomic mass is 16.4. The van der Waals surface area contributed by atoms with Gasteiger partial charge in [0.15, 0.2) is 0 Å². The van der Waals surface area contributed by atoms with Crippen LogP contribution in [0.25, 0.3) is 0 Å². The van der Waals surface area contributed by atoms with Gasteiger partial charge >= 0.3 is 5.97 Å². The second kappa shape index (κ2) is 5.26. The van der Waals surface area contributed by atoms with E-state index in [9.17, 15) is 14.7 Å². The van der Waals surface area contributed by atoms with Crippen molar-refractivity contribution >= 4 is 11.9 Å². The van der Waals surface area contributed by atoms with Gasteiger partial charge in [0, 0.05) is 19.3 Å². The number of carboxylic acid groups (broad SMARTS) is 1. The van der Waals surface area contributed by atoms with E-state index in [1.807, 2.05) is 6.92 Å². The first-order chi connectivity index (χ1) is 9.38. The minimum atomic E-state index is -0.871. The molecule has 1 fully saturated rings. The number of aliphatic carboxylic acids is 1. The molecule has 1 aliphatic carbocycles. The largest absolute Gasteiger partial charge is 0.481 e. The number of carboxylic acids is 1. The van der Waals surface area contributed by atoms with E-state index in [-0.39, 0.29) is 11.9 Å². The maximum Gasteiger partial charge on any atom is 0.311 e. The number of hydrogen-bond donors (Lipinski definition) is 2. The Balaban J connectivity index is 2.17. The summed E-state index contributed by atoms with van der Waals surface area (Å²) in [5.41, 5.74) is 0.402. The molecule has 0 radical (unpaired) electrons. The molecule has 1 heterocycles. The molecule has 1 aliphatic rings. The Bertz CT molecular complexity index is 538. The molecule has 0 aromatic carbocycles. The Morgan fingerprint density at radius 3 is 2.90 bits per heavy atom. The number of hydrogen-bond acceptors (Lipinski definition) is 3. The molecule has 1 aromatic rings. The number of amides is 1. The van der Waals surface area contributed by atoms with Crippen LogP contribution >= 0.6 is 0 Å². The van der Waals surface area contributed by atoms with Crippen LogP contribution < -0.4 is 5.32 Å². The Hall–Kier alpha value is -1.85. The number of aromatic nitrogens is 2. The van der Waals surface area contributed by atoms with E-state index in [1.54, 1.807) is 24.9 Å². The van der Waals surface area contributed by atoms with Gasteiger partial charge in [-0.3, -0.25) is 14.3 Å². The summed E-state index contributed by atoms with van der Waals surface area (Å²) in [6.45, 7) is 3.65. The van der Waals surface area contributed by atoms with Crippen LogP contribution in [0.4, 0.5) is 0 Å². The van der Waals surface area contributed by atoms with E-state index in [4.69, 9.17) is 0 Å². The smallest absolute Gasteiger partial charge is 0.311 e. The third-order valence-electron chi connectivity index (χ3n) is 4.24. The first kappa shape index (κ1) is 14.6. The zero-order valence-electron chi connectivity index (χ0n) is 12.1. The average Bonchev–Trinajstić information content (AvgIpc) is 2.94. The van der Waals surface area contributed by atoms with Crippen molar-refractivity contribution in [2.24, 2.45) is 12.5 Å². The maximum atomic E-state index is 12.3. The van der Waals surface area contributed by atoms with Crippen LogP contribution in [0.5, 0.6) is 0 Å². The monoisotopic (exact) mass is 279 g/mol. The van der Waals surface area contributed by atoms with Gasteiger partial charge in [-0.05, 0) is 26.2 Å². The summed E-state index contributed by atoms with van der Waals surface area (Å²) in [6, 6.07) is -0.322. The molecule has 20 heavy (non-hydrogen) atoms. The van der Waals surface area contributed by atoms with E-state index in [0.29, 0.717) is 24.8 Å². The number of carbonyl (C=O) groups excluding carboxylic acids is 1. The number of nitrogens with zero attached hydrogens (tertiary/aromatic N) is 2. The zero-order valence-corrected chi connectivity index (χ0v) is 12.1. The predicted octanol–water partition coefficient (Wildman–Crippen LogP) is 1.36. The van der Waals surface area contributed by atoms with Crippen molar-refractivity contribution in [2.75, 3.05) is 0 Å². The van der Waals surface area contributed by atoms with E-state index >= 15 is 0 Å². The lowest BCUT2D eigenvalue weighted by molar-refractivity contribution is -0.148. The van der Waals surface area contributed by atoms with Crippen molar-refractivity contribution in [3.05, 3.63) is 17.5 Å². The summed E-state index contributed by atoms with van der Waals surface area (Å²) < 4.78 is 1.61. The molecule has 1 amide bonds. The van der Waals surface area contributed by atoms with Crippen molar-refractivity contribution in [1.29, 1.82) is 0 Å². The Labute approximate surface area is 118 Å². The van der Waals surface area contributed by atoms with Gasteiger partial charge < -0.3 is 10.4 Å². The molecule has 2 atom stereocenters. The standard InChI is InChI=1S/C14H21N3O3/c1-4-10-9(8-17(3)16-10)12(18)15-11-6-5-7-14(11,2)13(19)20/h8,11H,4-7H2,1-3H3,(H,15,18)(H,19,20). The van der Waals surface area contributed by atoms with Gasteiger partial charge in [-0.15, -0.1) is 0 Å². The van der Waals surface area contributed by atoms with Crippen molar-refractivity contribution < 1.29 is 14.7 Å². The highest BCUT2D eigenvalue weighted by Crippen LogP contribution is 2.38. The van der Waals surface area contributed by atoms with Crippen LogP contribution in [0.1, 0.15) is 49.2 Å². The van der Waals surface area contributed by atoms with Gasteiger partial charge in [-0.25, -0.2) is 0 Å². The second-order valence-electron chi connectivity index (χ2n) is 5.66. The zero-order chi connectivity index (χ0) is 14.9. The molecule has 2 rings (SSSR count). The van der Waals surface area contributed by atoms with Crippen molar-refractivity contribution in [3.63, 3.8) is 0 Å². The second-order valence-corrected chi connectivity index (χ2v) is 5.66. The SMILES string of the molecule is CCc1nn(C)cc1C(=O)NC1CCCC1(C)C(=O)O. The number of aryl methyl sites for hydroxylation is 2. The minimum absolute atomic E-state index is 0.227. The van der Waals surface area contributed by atoms with Crippen LogP contribution in [0.3, 0.4) is 0 Å². The lowest BCUT2D eigenvalue weighted by Gasteiger charge is -2.27. The number of carbonyl (C=O) groups is 2. The first-order valence-corrected chi connectivity index (χ1v) is 6.95. The summed E-state index contributed by atoms with van der Waals surface area (Å²) in [7, 11) is 1.77. The van der Waals surface area contributed by atoms with Gasteiger partial charge in [0.2, 0.25) is 0 Å². The van der Waals surface area contributed by atoms with E-state index in [2.05, 4.69) is 10.4 Å². The summed E-state index contributed by atoms with van der Waals surface area (Å²) in [4.78, 5) is 23.8. The fourth-order valence-electron chi connectivity index (χ4n) is 2.87. The lowest BCUT2D eigenvalue weighted by atomic mass is 9.85. The van der Waals surface area contributed by atoms with Crippen LogP contribution in [0.15, 0.2) is 6.20 Å². The molecule has 6 nitrogen and oxygen atoms in total. The quantitative estimate of drug-likeness (QED) is 0.871. The fraction of sp³-hybridized carbons (Fsp3) is 0.643. The molecule has 0 spiro atoms.